The molecule has 0 radical (unpaired) electrons. The van der Waals surface area contributed by atoms with E-state index in [4.69, 9.17) is 4.74 Å². The minimum Gasteiger partial charge on any atom is -0.462 e. The summed E-state index contributed by atoms with van der Waals surface area (Å²) in [7, 11) is 0. The zero-order valence-corrected chi connectivity index (χ0v) is 14.7. The van der Waals surface area contributed by atoms with Crippen molar-refractivity contribution in [2.24, 2.45) is 0 Å². The molecule has 5 heteroatoms. The topological polar surface area (TPSA) is 72.5 Å². The fraction of sp³-hybridized carbons (Fsp3) is 0.450. The molecule has 1 aliphatic carbocycles. The maximum atomic E-state index is 11.9. The second-order valence-electron chi connectivity index (χ2n) is 6.18. The monoisotopic (exact) mass is 343 g/mol. The molecule has 1 aromatic carbocycles. The molecule has 5 nitrogen and oxygen atoms in total. The summed E-state index contributed by atoms with van der Waals surface area (Å²) >= 11 is 0. The normalized spacial score (nSPS) is 14.4. The molecule has 1 aromatic rings. The number of ketones is 2. The quantitative estimate of drug-likeness (QED) is 0.334. The van der Waals surface area contributed by atoms with Gasteiger partial charge >= 0.3 is 5.97 Å². The van der Waals surface area contributed by atoms with Crippen molar-refractivity contribution in [3.8, 4) is 0 Å². The molecule has 0 atom stereocenters. The second-order valence-corrected chi connectivity index (χ2v) is 6.18. The number of rotatable bonds is 8. The van der Waals surface area contributed by atoms with Crippen LogP contribution in [0.3, 0.4) is 0 Å². The number of allylic oxidation sites excluding steroid dienone is 1. The van der Waals surface area contributed by atoms with E-state index >= 15 is 0 Å². The Morgan fingerprint density at radius 3 is 2.40 bits per heavy atom. The first-order valence-electron chi connectivity index (χ1n) is 8.92. The maximum absolute atomic E-state index is 11.9. The van der Waals surface area contributed by atoms with Gasteiger partial charge in [-0.3, -0.25) is 9.59 Å². The highest BCUT2D eigenvalue weighted by Crippen LogP contribution is 2.17. The molecule has 0 saturated heterocycles. The van der Waals surface area contributed by atoms with Gasteiger partial charge in [0.1, 0.15) is 0 Å². The van der Waals surface area contributed by atoms with Crippen LogP contribution in [0.15, 0.2) is 36.0 Å². The van der Waals surface area contributed by atoms with Crippen molar-refractivity contribution in [3.63, 3.8) is 0 Å². The van der Waals surface area contributed by atoms with Gasteiger partial charge in [-0.2, -0.15) is 0 Å². The highest BCUT2D eigenvalue weighted by molar-refractivity contribution is 6.21. The molecule has 0 heterocycles. The summed E-state index contributed by atoms with van der Waals surface area (Å²) in [6.07, 6.45) is 7.18. The van der Waals surface area contributed by atoms with Crippen LogP contribution in [0, 0.1) is 0 Å². The van der Waals surface area contributed by atoms with Crippen molar-refractivity contribution in [3.05, 3.63) is 41.6 Å². The van der Waals surface area contributed by atoms with E-state index in [2.05, 4.69) is 12.2 Å². The van der Waals surface area contributed by atoms with Gasteiger partial charge in [-0.25, -0.2) is 4.79 Å². The van der Waals surface area contributed by atoms with Crippen LogP contribution in [0.1, 0.15) is 62.2 Å². The number of Topliss-reactive ketones (excluding diaryl/α,β-unsaturated/α-hetero) is 2. The molecular weight excluding hydrogens is 318 g/mol. The molecule has 1 saturated carbocycles. The van der Waals surface area contributed by atoms with Crippen LogP contribution in [-0.4, -0.2) is 24.1 Å². The Hall–Kier alpha value is -2.43. The van der Waals surface area contributed by atoms with Crippen molar-refractivity contribution < 1.29 is 19.1 Å². The Morgan fingerprint density at radius 2 is 1.76 bits per heavy atom. The van der Waals surface area contributed by atoms with Crippen LogP contribution in [-0.2, 0) is 14.3 Å². The number of nitrogens with one attached hydrogen (secondary N) is 1. The van der Waals surface area contributed by atoms with Crippen LogP contribution in [0.2, 0.25) is 0 Å². The first kappa shape index (κ1) is 18.9. The van der Waals surface area contributed by atoms with E-state index in [1.165, 1.54) is 6.20 Å². The van der Waals surface area contributed by atoms with Gasteiger partial charge in [-0.15, -0.1) is 0 Å². The van der Waals surface area contributed by atoms with Crippen molar-refractivity contribution in [2.45, 2.75) is 51.9 Å². The van der Waals surface area contributed by atoms with E-state index < -0.39 is 0 Å². The summed E-state index contributed by atoms with van der Waals surface area (Å²) in [6.45, 7) is 2.58. The first-order chi connectivity index (χ1) is 12.1. The average molecular weight is 343 g/mol. The molecule has 25 heavy (non-hydrogen) atoms. The fourth-order valence-electron chi connectivity index (χ4n) is 2.63. The highest BCUT2D eigenvalue weighted by atomic mass is 16.5. The standard InChI is InChI=1S/C20H25NO4/c1-2-3-4-5-13-25-20(24)15-9-11-16(12-10-15)21-14-17-18(22)7-6-8-19(17)23/h9-12,14,21H,2-8,13H2,1H3. The number of unbranched alkanes of at least 4 members (excludes halogenated alkanes) is 3. The van der Waals surface area contributed by atoms with E-state index in [-0.39, 0.29) is 23.1 Å². The maximum Gasteiger partial charge on any atom is 0.338 e. The molecule has 1 fully saturated rings. The summed E-state index contributed by atoms with van der Waals surface area (Å²) in [5.41, 5.74) is 1.42. The predicted molar refractivity (Wildman–Crippen MR) is 96.4 cm³/mol. The van der Waals surface area contributed by atoms with Crippen LogP contribution >= 0.6 is 0 Å². The molecule has 0 aromatic heterocycles. The largest absolute Gasteiger partial charge is 0.462 e. The smallest absolute Gasteiger partial charge is 0.338 e. The molecule has 2 rings (SSSR count). The number of hydrogen-bond donors (Lipinski definition) is 1. The van der Waals surface area contributed by atoms with Crippen molar-refractivity contribution in [1.29, 1.82) is 0 Å². The lowest BCUT2D eigenvalue weighted by atomic mass is 9.93. The number of hydrogen-bond acceptors (Lipinski definition) is 5. The lowest BCUT2D eigenvalue weighted by Crippen LogP contribution is -2.19. The summed E-state index contributed by atoms with van der Waals surface area (Å²) in [5, 5.41) is 2.95. The summed E-state index contributed by atoms with van der Waals surface area (Å²) in [6, 6.07) is 6.78. The number of esters is 1. The Bertz CT molecular complexity index is 628. The fourth-order valence-corrected chi connectivity index (χ4v) is 2.63. The molecule has 1 aliphatic rings. The Labute approximate surface area is 148 Å². The number of carbonyl (C=O) groups is 3. The van der Waals surface area contributed by atoms with Gasteiger partial charge in [-0.1, -0.05) is 26.2 Å². The average Bonchev–Trinajstić information content (AvgIpc) is 2.61. The van der Waals surface area contributed by atoms with Gasteiger partial charge in [0, 0.05) is 24.7 Å². The molecule has 0 bridgehead atoms. The first-order valence-corrected chi connectivity index (χ1v) is 8.92. The van der Waals surface area contributed by atoms with Gasteiger partial charge in [0.05, 0.1) is 17.7 Å². The number of carbonyl (C=O) groups excluding carboxylic acids is 3. The molecule has 0 unspecified atom stereocenters. The van der Waals surface area contributed by atoms with E-state index in [0.29, 0.717) is 37.1 Å². The minimum absolute atomic E-state index is 0.118. The minimum atomic E-state index is -0.334. The predicted octanol–water partition coefficient (Wildman–Crippen LogP) is 4.04. The zero-order chi connectivity index (χ0) is 18.1. The van der Waals surface area contributed by atoms with Crippen LogP contribution < -0.4 is 5.32 Å². The third-order valence-corrected chi connectivity index (χ3v) is 4.14. The van der Waals surface area contributed by atoms with Crippen LogP contribution in [0.4, 0.5) is 5.69 Å². The molecule has 0 amide bonds. The summed E-state index contributed by atoms with van der Waals surface area (Å²) in [5.74, 6) is -0.571. The third-order valence-electron chi connectivity index (χ3n) is 4.14. The number of ether oxygens (including phenoxy) is 1. The van der Waals surface area contributed by atoms with E-state index in [9.17, 15) is 14.4 Å². The highest BCUT2D eigenvalue weighted by Gasteiger charge is 2.22. The zero-order valence-electron chi connectivity index (χ0n) is 14.7. The van der Waals surface area contributed by atoms with E-state index in [1.54, 1.807) is 24.3 Å². The Kier molecular flexibility index (Phi) is 7.38. The Morgan fingerprint density at radius 1 is 1.08 bits per heavy atom. The van der Waals surface area contributed by atoms with E-state index in [0.717, 1.165) is 25.7 Å². The van der Waals surface area contributed by atoms with Gasteiger partial charge in [0.2, 0.25) is 0 Å². The number of benzene rings is 1. The lowest BCUT2D eigenvalue weighted by molar-refractivity contribution is -0.123. The van der Waals surface area contributed by atoms with Crippen LogP contribution in [0.5, 0.6) is 0 Å². The van der Waals surface area contributed by atoms with Gasteiger partial charge in [0.25, 0.3) is 0 Å². The van der Waals surface area contributed by atoms with Crippen LogP contribution in [0.25, 0.3) is 0 Å². The Balaban J connectivity index is 1.86. The van der Waals surface area contributed by atoms with Crippen molar-refractivity contribution in [1.82, 2.24) is 0 Å². The molecule has 0 aliphatic heterocycles. The van der Waals surface area contributed by atoms with Gasteiger partial charge in [0.15, 0.2) is 11.6 Å². The molecular formula is C20H25NO4. The van der Waals surface area contributed by atoms with E-state index in [1.807, 2.05) is 0 Å². The molecule has 134 valence electrons. The second kappa shape index (κ2) is 9.77. The van der Waals surface area contributed by atoms with Crippen molar-refractivity contribution >= 4 is 23.2 Å². The molecule has 0 spiro atoms. The number of anilines is 1. The summed E-state index contributed by atoms with van der Waals surface area (Å²) in [4.78, 5) is 35.4. The summed E-state index contributed by atoms with van der Waals surface area (Å²) < 4.78 is 5.24. The third kappa shape index (κ3) is 5.85. The van der Waals surface area contributed by atoms with Gasteiger partial charge in [-0.05, 0) is 37.1 Å². The SMILES string of the molecule is CCCCCCOC(=O)c1ccc(NC=C2C(=O)CCCC2=O)cc1. The lowest BCUT2D eigenvalue weighted by Gasteiger charge is -2.12. The van der Waals surface area contributed by atoms with Crippen molar-refractivity contribution in [2.75, 3.05) is 11.9 Å². The molecule has 1 N–H and O–H groups in total. The van der Waals surface area contributed by atoms with Gasteiger partial charge < -0.3 is 10.1 Å².